The largest absolute Gasteiger partial charge is 0.363 e. The molecule has 1 aromatic heterocycles. The molecule has 2 rings (SSSR count). The van der Waals surface area contributed by atoms with Crippen molar-refractivity contribution < 1.29 is 9.26 Å². The third-order valence-corrected chi connectivity index (χ3v) is 3.08. The van der Waals surface area contributed by atoms with Crippen LogP contribution >= 0.6 is 0 Å². The average molecular weight is 225 g/mol. The summed E-state index contributed by atoms with van der Waals surface area (Å²) in [6.07, 6.45) is 1.02. The summed E-state index contributed by atoms with van der Waals surface area (Å²) < 4.78 is 10.9. The van der Waals surface area contributed by atoms with Gasteiger partial charge in [-0.15, -0.1) is 0 Å². The number of hydrogen-bond donors (Lipinski definition) is 1. The summed E-state index contributed by atoms with van der Waals surface area (Å²) in [4.78, 5) is 4.32. The smallest absolute Gasteiger partial charge is 0.252 e. The first-order valence-corrected chi connectivity index (χ1v) is 5.80. The number of aromatic nitrogens is 2. The van der Waals surface area contributed by atoms with Crippen molar-refractivity contribution in [1.29, 1.82) is 0 Å². The summed E-state index contributed by atoms with van der Waals surface area (Å²) in [6.45, 7) is 8.46. The Morgan fingerprint density at radius 3 is 2.88 bits per heavy atom. The van der Waals surface area contributed by atoms with Gasteiger partial charge in [-0.05, 0) is 13.3 Å². The first kappa shape index (κ1) is 11.5. The van der Waals surface area contributed by atoms with E-state index in [-0.39, 0.29) is 5.60 Å². The van der Waals surface area contributed by atoms with Crippen LogP contribution in [0.25, 0.3) is 0 Å². The molecule has 1 unspecified atom stereocenters. The lowest BCUT2D eigenvalue weighted by Gasteiger charge is -2.38. The molecule has 1 aliphatic heterocycles. The Hall–Kier alpha value is -0.940. The molecule has 0 aromatic carbocycles. The minimum atomic E-state index is -0.0645. The van der Waals surface area contributed by atoms with E-state index in [0.717, 1.165) is 25.3 Å². The molecule has 0 spiro atoms. The van der Waals surface area contributed by atoms with Crippen LogP contribution in [0, 0.1) is 0 Å². The SMILES string of the molecule is CCC(C)c1noc(COC2(C)CNC2)n1. The summed E-state index contributed by atoms with van der Waals surface area (Å²) in [5.74, 6) is 1.69. The molecule has 1 aliphatic rings. The number of hydrogen-bond acceptors (Lipinski definition) is 5. The maximum atomic E-state index is 5.72. The highest BCUT2D eigenvalue weighted by Gasteiger charge is 2.33. The Labute approximate surface area is 95.6 Å². The van der Waals surface area contributed by atoms with E-state index in [0.29, 0.717) is 18.4 Å². The van der Waals surface area contributed by atoms with Crippen LogP contribution in [0.1, 0.15) is 44.8 Å². The Morgan fingerprint density at radius 1 is 1.56 bits per heavy atom. The second-order valence-corrected chi connectivity index (χ2v) is 4.70. The zero-order chi connectivity index (χ0) is 11.6. The second-order valence-electron chi connectivity index (χ2n) is 4.70. The van der Waals surface area contributed by atoms with E-state index in [1.165, 1.54) is 0 Å². The first-order chi connectivity index (χ1) is 7.63. The number of rotatable bonds is 5. The molecule has 1 N–H and O–H groups in total. The van der Waals surface area contributed by atoms with Crippen LogP contribution in [0.4, 0.5) is 0 Å². The summed E-state index contributed by atoms with van der Waals surface area (Å²) in [5.41, 5.74) is -0.0645. The van der Waals surface area contributed by atoms with Crippen molar-refractivity contribution >= 4 is 0 Å². The Kier molecular flexibility index (Phi) is 3.25. The average Bonchev–Trinajstić information content (AvgIpc) is 2.71. The summed E-state index contributed by atoms with van der Waals surface area (Å²) >= 11 is 0. The van der Waals surface area contributed by atoms with E-state index in [2.05, 4.69) is 36.2 Å². The monoisotopic (exact) mass is 225 g/mol. The topological polar surface area (TPSA) is 60.2 Å². The van der Waals surface area contributed by atoms with Crippen molar-refractivity contribution in [1.82, 2.24) is 15.5 Å². The molecule has 1 aromatic rings. The Balaban J connectivity index is 1.87. The molecule has 0 aliphatic carbocycles. The van der Waals surface area contributed by atoms with E-state index >= 15 is 0 Å². The van der Waals surface area contributed by atoms with Gasteiger partial charge in [-0.2, -0.15) is 4.98 Å². The molecule has 2 heterocycles. The van der Waals surface area contributed by atoms with Crippen LogP contribution < -0.4 is 5.32 Å². The fourth-order valence-corrected chi connectivity index (χ4v) is 1.52. The summed E-state index contributed by atoms with van der Waals surface area (Å²) in [5, 5.41) is 7.13. The number of ether oxygens (including phenoxy) is 1. The minimum absolute atomic E-state index is 0.0645. The molecule has 5 heteroatoms. The molecule has 1 atom stereocenters. The van der Waals surface area contributed by atoms with E-state index < -0.39 is 0 Å². The molecule has 0 radical (unpaired) electrons. The van der Waals surface area contributed by atoms with Gasteiger partial charge < -0.3 is 14.6 Å². The Morgan fingerprint density at radius 2 is 2.31 bits per heavy atom. The van der Waals surface area contributed by atoms with Crippen LogP contribution in [0.2, 0.25) is 0 Å². The fourth-order valence-electron chi connectivity index (χ4n) is 1.52. The zero-order valence-electron chi connectivity index (χ0n) is 10.1. The summed E-state index contributed by atoms with van der Waals surface area (Å²) in [6, 6.07) is 0. The molecule has 0 amide bonds. The molecular weight excluding hydrogens is 206 g/mol. The number of nitrogens with one attached hydrogen (secondary N) is 1. The van der Waals surface area contributed by atoms with Crippen LogP contribution in [0.3, 0.4) is 0 Å². The highest BCUT2D eigenvalue weighted by molar-refractivity contribution is 4.94. The van der Waals surface area contributed by atoms with Crippen LogP contribution in [0.5, 0.6) is 0 Å². The van der Waals surface area contributed by atoms with Crippen molar-refractivity contribution in [2.45, 2.75) is 45.3 Å². The third-order valence-electron chi connectivity index (χ3n) is 3.08. The maximum absolute atomic E-state index is 5.72. The first-order valence-electron chi connectivity index (χ1n) is 5.80. The lowest BCUT2D eigenvalue weighted by molar-refractivity contribution is -0.0841. The predicted molar refractivity (Wildman–Crippen MR) is 59.1 cm³/mol. The highest BCUT2D eigenvalue weighted by atomic mass is 16.5. The molecule has 0 saturated carbocycles. The van der Waals surface area contributed by atoms with Gasteiger partial charge in [0.15, 0.2) is 5.82 Å². The quantitative estimate of drug-likeness (QED) is 0.822. The van der Waals surface area contributed by atoms with Crippen molar-refractivity contribution in [2.75, 3.05) is 13.1 Å². The van der Waals surface area contributed by atoms with E-state index in [9.17, 15) is 0 Å². The van der Waals surface area contributed by atoms with Crippen molar-refractivity contribution in [3.05, 3.63) is 11.7 Å². The van der Waals surface area contributed by atoms with Crippen LogP contribution in [-0.4, -0.2) is 28.8 Å². The van der Waals surface area contributed by atoms with Gasteiger partial charge in [0.1, 0.15) is 6.61 Å². The molecule has 1 fully saturated rings. The van der Waals surface area contributed by atoms with Gasteiger partial charge in [-0.1, -0.05) is 19.0 Å². The van der Waals surface area contributed by atoms with Gasteiger partial charge in [-0.3, -0.25) is 0 Å². The fraction of sp³-hybridized carbons (Fsp3) is 0.818. The molecule has 5 nitrogen and oxygen atoms in total. The molecule has 16 heavy (non-hydrogen) atoms. The second kappa shape index (κ2) is 4.51. The minimum Gasteiger partial charge on any atom is -0.363 e. The van der Waals surface area contributed by atoms with Crippen molar-refractivity contribution in [3.8, 4) is 0 Å². The van der Waals surface area contributed by atoms with Crippen LogP contribution in [-0.2, 0) is 11.3 Å². The van der Waals surface area contributed by atoms with Gasteiger partial charge in [0.25, 0.3) is 5.89 Å². The van der Waals surface area contributed by atoms with Crippen molar-refractivity contribution in [2.24, 2.45) is 0 Å². The zero-order valence-corrected chi connectivity index (χ0v) is 10.1. The van der Waals surface area contributed by atoms with Crippen LogP contribution in [0.15, 0.2) is 4.52 Å². The van der Waals surface area contributed by atoms with E-state index in [1.807, 2.05) is 0 Å². The molecular formula is C11H19N3O2. The molecule has 1 saturated heterocycles. The standard InChI is InChI=1S/C11H19N3O2/c1-4-8(2)10-13-9(16-14-10)5-15-11(3)6-12-7-11/h8,12H,4-7H2,1-3H3. The number of nitrogens with zero attached hydrogens (tertiary/aromatic N) is 2. The highest BCUT2D eigenvalue weighted by Crippen LogP contribution is 2.19. The van der Waals surface area contributed by atoms with Crippen molar-refractivity contribution in [3.63, 3.8) is 0 Å². The molecule has 0 bridgehead atoms. The van der Waals surface area contributed by atoms with Gasteiger partial charge in [-0.25, -0.2) is 0 Å². The van der Waals surface area contributed by atoms with E-state index in [4.69, 9.17) is 9.26 Å². The van der Waals surface area contributed by atoms with E-state index in [1.54, 1.807) is 0 Å². The van der Waals surface area contributed by atoms with Gasteiger partial charge in [0, 0.05) is 19.0 Å². The van der Waals surface area contributed by atoms with Gasteiger partial charge in [0.2, 0.25) is 0 Å². The predicted octanol–water partition coefficient (Wildman–Crippen LogP) is 1.46. The van der Waals surface area contributed by atoms with Gasteiger partial charge in [0.05, 0.1) is 5.60 Å². The third kappa shape index (κ3) is 2.41. The lowest BCUT2D eigenvalue weighted by atomic mass is 10.0. The Bertz CT molecular complexity index is 347. The normalized spacial score (nSPS) is 20.4. The maximum Gasteiger partial charge on any atom is 0.252 e. The van der Waals surface area contributed by atoms with Gasteiger partial charge >= 0.3 is 0 Å². The molecule has 90 valence electrons. The summed E-state index contributed by atoms with van der Waals surface area (Å²) in [7, 11) is 0. The lowest BCUT2D eigenvalue weighted by Crippen LogP contribution is -2.58.